The van der Waals surface area contributed by atoms with Crippen molar-refractivity contribution in [3.8, 4) is 0 Å². The molecule has 20 heavy (non-hydrogen) atoms. The minimum atomic E-state index is -0.639. The van der Waals surface area contributed by atoms with Crippen LogP contribution in [0.3, 0.4) is 0 Å². The van der Waals surface area contributed by atoms with Crippen LogP contribution in [0.4, 0.5) is 13.6 Å². The van der Waals surface area contributed by atoms with E-state index < -0.39 is 29.6 Å². The molecule has 1 saturated heterocycles. The number of rotatable bonds is 5. The van der Waals surface area contributed by atoms with Crippen molar-refractivity contribution in [3.05, 3.63) is 35.4 Å². The van der Waals surface area contributed by atoms with Crippen molar-refractivity contribution in [3.63, 3.8) is 0 Å². The molecule has 3 amide bonds. The summed E-state index contributed by atoms with van der Waals surface area (Å²) in [5, 5.41) is 2.55. The van der Waals surface area contributed by atoms with Crippen LogP contribution in [0.5, 0.6) is 0 Å². The fraction of sp³-hybridized carbons (Fsp3) is 0.385. The molecule has 0 aliphatic carbocycles. The molecule has 1 aliphatic rings. The molecule has 1 aliphatic heterocycles. The Morgan fingerprint density at radius 3 is 2.80 bits per heavy atom. The highest BCUT2D eigenvalue weighted by Gasteiger charge is 2.37. The van der Waals surface area contributed by atoms with Gasteiger partial charge in [-0.3, -0.25) is 9.69 Å². The summed E-state index contributed by atoms with van der Waals surface area (Å²) in [6.45, 7) is -0.260. The first-order valence-electron chi connectivity index (χ1n) is 6.07. The average Bonchev–Trinajstić information content (AvgIpc) is 2.68. The number of benzene rings is 1. The zero-order valence-corrected chi connectivity index (χ0v) is 11.7. The minimum Gasteiger partial charge on any atom is -0.326 e. The van der Waals surface area contributed by atoms with Gasteiger partial charge in [0, 0.05) is 5.56 Å². The van der Waals surface area contributed by atoms with Crippen LogP contribution in [0.15, 0.2) is 18.2 Å². The molecule has 0 radical (unpaired) electrons. The number of urea groups is 1. The van der Waals surface area contributed by atoms with Crippen molar-refractivity contribution >= 4 is 23.7 Å². The van der Waals surface area contributed by atoms with Gasteiger partial charge in [0.25, 0.3) is 5.91 Å². The van der Waals surface area contributed by atoms with Crippen molar-refractivity contribution in [1.82, 2.24) is 10.2 Å². The third-order valence-corrected chi connectivity index (χ3v) is 3.70. The van der Waals surface area contributed by atoms with Crippen LogP contribution in [0.2, 0.25) is 0 Å². The van der Waals surface area contributed by atoms with Gasteiger partial charge in [0.05, 0.1) is 6.54 Å². The molecule has 1 aromatic carbocycles. The van der Waals surface area contributed by atoms with Crippen molar-refractivity contribution in [2.75, 3.05) is 12.0 Å². The monoisotopic (exact) mass is 300 g/mol. The Morgan fingerprint density at radius 2 is 2.10 bits per heavy atom. The van der Waals surface area contributed by atoms with Crippen molar-refractivity contribution in [1.29, 1.82) is 0 Å². The van der Waals surface area contributed by atoms with E-state index in [1.54, 1.807) is 11.8 Å². The quantitative estimate of drug-likeness (QED) is 0.848. The van der Waals surface area contributed by atoms with Gasteiger partial charge in [-0.25, -0.2) is 13.6 Å². The molecule has 1 atom stereocenters. The van der Waals surface area contributed by atoms with Gasteiger partial charge >= 0.3 is 6.03 Å². The third-order valence-electron chi connectivity index (χ3n) is 3.05. The second-order valence-electron chi connectivity index (χ2n) is 4.44. The zero-order valence-electron chi connectivity index (χ0n) is 10.9. The van der Waals surface area contributed by atoms with Gasteiger partial charge in [-0.1, -0.05) is 0 Å². The lowest BCUT2D eigenvalue weighted by Crippen LogP contribution is -2.31. The molecular formula is C13H14F2N2O2S. The maximum absolute atomic E-state index is 13.5. The van der Waals surface area contributed by atoms with Crippen molar-refractivity contribution < 1.29 is 18.4 Å². The van der Waals surface area contributed by atoms with E-state index in [4.69, 9.17) is 0 Å². The van der Waals surface area contributed by atoms with Gasteiger partial charge < -0.3 is 5.32 Å². The van der Waals surface area contributed by atoms with Crippen LogP contribution >= 0.6 is 11.8 Å². The summed E-state index contributed by atoms with van der Waals surface area (Å²) in [4.78, 5) is 24.7. The smallest absolute Gasteiger partial charge is 0.325 e. The highest BCUT2D eigenvalue weighted by molar-refractivity contribution is 7.98. The maximum Gasteiger partial charge on any atom is 0.325 e. The summed E-state index contributed by atoms with van der Waals surface area (Å²) in [6, 6.07) is 1.82. The van der Waals surface area contributed by atoms with Gasteiger partial charge in [-0.15, -0.1) is 0 Å². The van der Waals surface area contributed by atoms with Crippen LogP contribution in [0.1, 0.15) is 12.0 Å². The normalized spacial score (nSPS) is 18.6. The first-order chi connectivity index (χ1) is 9.52. The van der Waals surface area contributed by atoms with E-state index in [2.05, 4.69) is 5.32 Å². The molecular weight excluding hydrogens is 286 g/mol. The Hall–Kier alpha value is -1.63. The second-order valence-corrected chi connectivity index (χ2v) is 5.43. The van der Waals surface area contributed by atoms with E-state index in [1.807, 2.05) is 6.26 Å². The summed E-state index contributed by atoms with van der Waals surface area (Å²) >= 11 is 1.57. The largest absolute Gasteiger partial charge is 0.326 e. The molecule has 1 fully saturated rings. The predicted octanol–water partition coefficient (Wildman–Crippen LogP) is 2.14. The molecule has 1 N–H and O–H groups in total. The predicted molar refractivity (Wildman–Crippen MR) is 72.2 cm³/mol. The van der Waals surface area contributed by atoms with E-state index in [1.165, 1.54) is 0 Å². The molecule has 4 nitrogen and oxygen atoms in total. The molecule has 1 heterocycles. The first kappa shape index (κ1) is 14.8. The van der Waals surface area contributed by atoms with Crippen LogP contribution in [0, 0.1) is 11.6 Å². The summed E-state index contributed by atoms with van der Waals surface area (Å²) in [5.41, 5.74) is -0.0148. The lowest BCUT2D eigenvalue weighted by Gasteiger charge is -2.13. The average molecular weight is 300 g/mol. The lowest BCUT2D eigenvalue weighted by molar-refractivity contribution is -0.127. The third kappa shape index (κ3) is 3.09. The summed E-state index contributed by atoms with van der Waals surface area (Å²) in [6.07, 6.45) is 2.43. The van der Waals surface area contributed by atoms with Gasteiger partial charge in [-0.05, 0) is 36.6 Å². The van der Waals surface area contributed by atoms with Gasteiger partial charge in [0.2, 0.25) is 0 Å². The highest BCUT2D eigenvalue weighted by atomic mass is 32.2. The Kier molecular flexibility index (Phi) is 4.59. The number of carbonyl (C=O) groups excluding carboxylic acids is 2. The highest BCUT2D eigenvalue weighted by Crippen LogP contribution is 2.17. The van der Waals surface area contributed by atoms with Crippen LogP contribution in [-0.2, 0) is 11.3 Å². The van der Waals surface area contributed by atoms with Crippen LogP contribution in [0.25, 0.3) is 0 Å². The number of hydrogen-bond donors (Lipinski definition) is 1. The molecule has 0 aromatic heterocycles. The molecule has 0 unspecified atom stereocenters. The van der Waals surface area contributed by atoms with Crippen molar-refractivity contribution in [2.45, 2.75) is 19.0 Å². The van der Waals surface area contributed by atoms with Gasteiger partial charge in [-0.2, -0.15) is 11.8 Å². The Labute approximate surface area is 119 Å². The number of imide groups is 1. The molecule has 108 valence electrons. The fourth-order valence-electron chi connectivity index (χ4n) is 1.99. The van der Waals surface area contributed by atoms with E-state index in [0.29, 0.717) is 6.42 Å². The lowest BCUT2D eigenvalue weighted by atomic mass is 10.2. The zero-order chi connectivity index (χ0) is 14.7. The molecule has 0 saturated carbocycles. The van der Waals surface area contributed by atoms with Crippen molar-refractivity contribution in [2.24, 2.45) is 0 Å². The van der Waals surface area contributed by atoms with E-state index in [0.717, 1.165) is 28.9 Å². The Morgan fingerprint density at radius 1 is 1.35 bits per heavy atom. The summed E-state index contributed by atoms with van der Waals surface area (Å²) in [5.74, 6) is -0.904. The molecule has 0 bridgehead atoms. The summed E-state index contributed by atoms with van der Waals surface area (Å²) < 4.78 is 26.6. The number of nitrogens with zero attached hydrogens (tertiary/aromatic N) is 1. The second kappa shape index (κ2) is 6.21. The fourth-order valence-corrected chi connectivity index (χ4v) is 2.46. The Balaban J connectivity index is 2.11. The standard InChI is InChI=1S/C13H14F2N2O2S/c1-20-5-4-11-12(18)17(13(19)16-11)7-8-6-9(14)2-3-10(8)15/h2-3,6,11H,4-5,7H2,1H3,(H,16,19)/t11-/m1/s1. The van der Waals surface area contributed by atoms with E-state index in [-0.39, 0.29) is 12.1 Å². The van der Waals surface area contributed by atoms with Gasteiger partial charge in [0.15, 0.2) is 0 Å². The van der Waals surface area contributed by atoms with Gasteiger partial charge in [0.1, 0.15) is 17.7 Å². The van der Waals surface area contributed by atoms with E-state index >= 15 is 0 Å². The Bertz CT molecular complexity index is 539. The number of nitrogens with one attached hydrogen (secondary N) is 1. The number of thioether (sulfide) groups is 1. The molecule has 0 spiro atoms. The first-order valence-corrected chi connectivity index (χ1v) is 7.47. The number of carbonyl (C=O) groups is 2. The minimum absolute atomic E-state index is 0.0148. The molecule has 7 heteroatoms. The maximum atomic E-state index is 13.5. The van der Waals surface area contributed by atoms with Crippen LogP contribution in [-0.4, -0.2) is 34.9 Å². The molecule has 2 rings (SSSR count). The SMILES string of the molecule is CSCC[C@H]1NC(=O)N(Cc2cc(F)ccc2F)C1=O. The number of amides is 3. The number of halogens is 2. The van der Waals surface area contributed by atoms with Crippen LogP contribution < -0.4 is 5.32 Å². The van der Waals surface area contributed by atoms with E-state index in [9.17, 15) is 18.4 Å². The topological polar surface area (TPSA) is 49.4 Å². The molecule has 1 aromatic rings. The number of hydrogen-bond acceptors (Lipinski definition) is 3. The summed E-state index contributed by atoms with van der Waals surface area (Å²) in [7, 11) is 0.